The van der Waals surface area contributed by atoms with Crippen molar-refractivity contribution in [3.63, 3.8) is 0 Å². The molecule has 5 heteroatoms. The Morgan fingerprint density at radius 1 is 1.30 bits per heavy atom. The fraction of sp³-hybridized carbons (Fsp3) is 0.200. The predicted octanol–water partition coefficient (Wildman–Crippen LogP) is 2.24. The highest BCUT2D eigenvalue weighted by Gasteiger charge is 2.10. The monoisotopic (exact) mass is 270 g/mol. The summed E-state index contributed by atoms with van der Waals surface area (Å²) in [5, 5.41) is 3.23. The second kappa shape index (κ2) is 5.61. The third kappa shape index (κ3) is 3.06. The molecule has 20 heavy (non-hydrogen) atoms. The Bertz CT molecular complexity index is 622. The number of primary amides is 1. The van der Waals surface area contributed by atoms with Crippen LogP contribution in [0, 0.1) is 6.92 Å². The molecule has 1 heterocycles. The molecule has 0 aliphatic carbocycles. The summed E-state index contributed by atoms with van der Waals surface area (Å²) in [6.45, 7) is 4.06. The molecule has 2 aromatic rings. The van der Waals surface area contributed by atoms with Crippen LogP contribution in [0.2, 0.25) is 0 Å². The van der Waals surface area contributed by atoms with E-state index in [1.54, 1.807) is 6.07 Å². The zero-order chi connectivity index (χ0) is 14.7. The normalized spacial score (nSPS) is 11.9. The maximum Gasteiger partial charge on any atom is 0.250 e. The molecule has 0 radical (unpaired) electrons. The molecule has 0 saturated heterocycles. The molecular weight excluding hydrogens is 252 g/mol. The van der Waals surface area contributed by atoms with Gasteiger partial charge >= 0.3 is 0 Å². The largest absolute Gasteiger partial charge is 0.397 e. The summed E-state index contributed by atoms with van der Waals surface area (Å²) in [5.74, 6) is 0.0111. The van der Waals surface area contributed by atoms with Crippen molar-refractivity contribution >= 4 is 17.4 Å². The van der Waals surface area contributed by atoms with E-state index in [4.69, 9.17) is 11.5 Å². The standard InChI is InChI=1S/C15H18N4O/c1-9-3-5-11(6-4-9)10(2)19-14-7-12(15(17)20)13(16)8-18-14/h3-8,10H,16H2,1-2H3,(H2,17,20)(H,18,19). The van der Waals surface area contributed by atoms with Crippen molar-refractivity contribution in [1.82, 2.24) is 4.98 Å². The molecule has 0 fully saturated rings. The first-order chi connectivity index (χ1) is 9.47. The molecule has 1 atom stereocenters. The van der Waals surface area contributed by atoms with Gasteiger partial charge in [0.15, 0.2) is 0 Å². The minimum atomic E-state index is -0.559. The molecule has 0 aliphatic rings. The second-order valence-electron chi connectivity index (χ2n) is 4.80. The van der Waals surface area contributed by atoms with Gasteiger partial charge in [0.05, 0.1) is 17.4 Å². The second-order valence-corrected chi connectivity index (χ2v) is 4.80. The smallest absolute Gasteiger partial charge is 0.250 e. The van der Waals surface area contributed by atoms with E-state index in [1.165, 1.54) is 11.8 Å². The summed E-state index contributed by atoms with van der Waals surface area (Å²) in [5.41, 5.74) is 13.8. The van der Waals surface area contributed by atoms with E-state index in [1.807, 2.05) is 13.8 Å². The van der Waals surface area contributed by atoms with Gasteiger partial charge in [-0.3, -0.25) is 4.79 Å². The molecule has 5 N–H and O–H groups in total. The molecule has 5 nitrogen and oxygen atoms in total. The summed E-state index contributed by atoms with van der Waals surface area (Å²) in [7, 11) is 0. The van der Waals surface area contributed by atoms with Crippen molar-refractivity contribution in [2.75, 3.05) is 11.1 Å². The summed E-state index contributed by atoms with van der Waals surface area (Å²) in [6, 6.07) is 9.85. The first-order valence-electron chi connectivity index (χ1n) is 6.36. The lowest BCUT2D eigenvalue weighted by Gasteiger charge is -2.16. The lowest BCUT2D eigenvalue weighted by atomic mass is 10.1. The van der Waals surface area contributed by atoms with Crippen molar-refractivity contribution in [1.29, 1.82) is 0 Å². The molecule has 0 bridgehead atoms. The van der Waals surface area contributed by atoms with Crippen LogP contribution in [-0.2, 0) is 0 Å². The minimum Gasteiger partial charge on any atom is -0.397 e. The number of pyridine rings is 1. The Morgan fingerprint density at radius 3 is 2.55 bits per heavy atom. The number of nitrogens with two attached hydrogens (primary N) is 2. The van der Waals surface area contributed by atoms with Gasteiger partial charge in [0.25, 0.3) is 5.91 Å². The Kier molecular flexibility index (Phi) is 3.89. The predicted molar refractivity (Wildman–Crippen MR) is 80.4 cm³/mol. The summed E-state index contributed by atoms with van der Waals surface area (Å²) < 4.78 is 0. The van der Waals surface area contributed by atoms with Crippen molar-refractivity contribution in [2.45, 2.75) is 19.9 Å². The summed E-state index contributed by atoms with van der Waals surface area (Å²) in [6.07, 6.45) is 1.43. The number of nitrogens with one attached hydrogen (secondary N) is 1. The highest BCUT2D eigenvalue weighted by atomic mass is 16.1. The first kappa shape index (κ1) is 13.9. The van der Waals surface area contributed by atoms with E-state index in [0.717, 1.165) is 5.56 Å². The number of anilines is 2. The summed E-state index contributed by atoms with van der Waals surface area (Å²) in [4.78, 5) is 15.4. The number of hydrogen-bond donors (Lipinski definition) is 3. The molecule has 0 aliphatic heterocycles. The summed E-state index contributed by atoms with van der Waals surface area (Å²) >= 11 is 0. The molecule has 0 saturated carbocycles. The van der Waals surface area contributed by atoms with Gasteiger partial charge in [-0.2, -0.15) is 0 Å². The van der Waals surface area contributed by atoms with E-state index >= 15 is 0 Å². The fourth-order valence-corrected chi connectivity index (χ4v) is 1.92. The number of rotatable bonds is 4. The van der Waals surface area contributed by atoms with Crippen molar-refractivity contribution in [3.8, 4) is 0 Å². The van der Waals surface area contributed by atoms with Crippen LogP contribution in [0.25, 0.3) is 0 Å². The maximum atomic E-state index is 11.3. The Hall–Kier alpha value is -2.56. The third-order valence-electron chi connectivity index (χ3n) is 3.14. The average Bonchev–Trinajstić information content (AvgIpc) is 2.41. The number of aryl methyl sites for hydroxylation is 1. The number of carbonyl (C=O) groups is 1. The van der Waals surface area contributed by atoms with Gasteiger partial charge in [-0.25, -0.2) is 4.98 Å². The van der Waals surface area contributed by atoms with Gasteiger partial charge in [0.1, 0.15) is 5.82 Å². The molecule has 1 unspecified atom stereocenters. The SMILES string of the molecule is Cc1ccc(C(C)Nc2cc(C(N)=O)c(N)cn2)cc1. The van der Waals surface area contributed by atoms with Crippen molar-refractivity contribution in [2.24, 2.45) is 5.73 Å². The number of nitrogen functional groups attached to an aromatic ring is 1. The van der Waals surface area contributed by atoms with E-state index < -0.39 is 5.91 Å². The van der Waals surface area contributed by atoms with Crippen LogP contribution >= 0.6 is 0 Å². The molecule has 0 spiro atoms. The van der Waals surface area contributed by atoms with Crippen LogP contribution in [-0.4, -0.2) is 10.9 Å². The third-order valence-corrected chi connectivity index (χ3v) is 3.14. The molecule has 1 aromatic heterocycles. The minimum absolute atomic E-state index is 0.0625. The lowest BCUT2D eigenvalue weighted by molar-refractivity contribution is 0.100. The molecule has 1 aromatic carbocycles. The molecular formula is C15H18N4O. The molecule has 1 amide bonds. The quantitative estimate of drug-likeness (QED) is 0.794. The van der Waals surface area contributed by atoms with Gasteiger partial charge in [-0.05, 0) is 25.5 Å². The fourth-order valence-electron chi connectivity index (χ4n) is 1.92. The zero-order valence-electron chi connectivity index (χ0n) is 11.6. The number of aromatic nitrogens is 1. The van der Waals surface area contributed by atoms with Crippen molar-refractivity contribution < 1.29 is 4.79 Å². The topological polar surface area (TPSA) is 94.0 Å². The van der Waals surface area contributed by atoms with Crippen LogP contribution in [0.1, 0.15) is 34.5 Å². The van der Waals surface area contributed by atoms with E-state index in [2.05, 4.69) is 34.6 Å². The van der Waals surface area contributed by atoms with Crippen LogP contribution in [0.4, 0.5) is 11.5 Å². The van der Waals surface area contributed by atoms with Gasteiger partial charge in [-0.15, -0.1) is 0 Å². The number of hydrogen-bond acceptors (Lipinski definition) is 4. The molecule has 104 valence electrons. The number of nitrogens with zero attached hydrogens (tertiary/aromatic N) is 1. The molecule has 2 rings (SSSR count). The number of carbonyl (C=O) groups excluding carboxylic acids is 1. The van der Waals surface area contributed by atoms with Crippen molar-refractivity contribution in [3.05, 3.63) is 53.2 Å². The van der Waals surface area contributed by atoms with E-state index in [9.17, 15) is 4.79 Å². The van der Waals surface area contributed by atoms with E-state index in [0.29, 0.717) is 5.82 Å². The van der Waals surface area contributed by atoms with Gasteiger partial charge in [0.2, 0.25) is 0 Å². The highest BCUT2D eigenvalue weighted by Crippen LogP contribution is 2.20. The Balaban J connectivity index is 2.19. The van der Waals surface area contributed by atoms with Gasteiger partial charge in [0, 0.05) is 6.04 Å². The zero-order valence-corrected chi connectivity index (χ0v) is 11.6. The van der Waals surface area contributed by atoms with Crippen LogP contribution in [0.15, 0.2) is 36.5 Å². The first-order valence-corrected chi connectivity index (χ1v) is 6.36. The highest BCUT2D eigenvalue weighted by molar-refractivity contribution is 5.98. The maximum absolute atomic E-state index is 11.3. The average molecular weight is 270 g/mol. The van der Waals surface area contributed by atoms with Crippen LogP contribution < -0.4 is 16.8 Å². The van der Waals surface area contributed by atoms with Crippen LogP contribution in [0.3, 0.4) is 0 Å². The number of amides is 1. The number of benzene rings is 1. The lowest BCUT2D eigenvalue weighted by Crippen LogP contribution is -2.15. The van der Waals surface area contributed by atoms with Gasteiger partial charge < -0.3 is 16.8 Å². The van der Waals surface area contributed by atoms with Crippen LogP contribution in [0.5, 0.6) is 0 Å². The van der Waals surface area contributed by atoms with E-state index in [-0.39, 0.29) is 17.3 Å². The Morgan fingerprint density at radius 2 is 1.95 bits per heavy atom. The Labute approximate surface area is 118 Å². The van der Waals surface area contributed by atoms with Gasteiger partial charge in [-0.1, -0.05) is 29.8 Å².